The van der Waals surface area contributed by atoms with Crippen LogP contribution in [0.4, 0.5) is 5.13 Å². The highest BCUT2D eigenvalue weighted by Crippen LogP contribution is 2.26. The molecule has 4 rings (SSSR count). The lowest BCUT2D eigenvalue weighted by atomic mass is 10.2. The number of fused-ring (bicyclic) bond motifs is 1. The number of carbonyl (C=O) groups is 1. The maximum absolute atomic E-state index is 12.4. The summed E-state index contributed by atoms with van der Waals surface area (Å²) >= 11 is 4.77. The molecule has 0 fully saturated rings. The summed E-state index contributed by atoms with van der Waals surface area (Å²) in [6, 6.07) is 17.4. The number of anilines is 1. The molecule has 24 heavy (non-hydrogen) atoms. The van der Waals surface area contributed by atoms with Crippen LogP contribution in [-0.2, 0) is 0 Å². The Hall–Kier alpha value is -2.51. The monoisotopic (exact) mass is 398 g/mol. The molecule has 0 bridgehead atoms. The molecule has 2 aromatic heterocycles. The lowest BCUT2D eigenvalue weighted by Crippen LogP contribution is -2.11. The van der Waals surface area contributed by atoms with Gasteiger partial charge in [-0.15, -0.1) is 10.2 Å². The average Bonchev–Trinajstić information content (AvgIpc) is 3.22. The molecule has 0 spiro atoms. The summed E-state index contributed by atoms with van der Waals surface area (Å²) < 4.78 is 0.970. The number of hydrogen-bond acceptors (Lipinski definition) is 4. The molecule has 0 saturated carbocycles. The molecule has 118 valence electrons. The van der Waals surface area contributed by atoms with Crippen LogP contribution < -0.4 is 5.32 Å². The SMILES string of the molecule is O=C(Nc1nnc(-c2ccccc2)s1)c1cc2cc(Br)ccc2[nH]1. The van der Waals surface area contributed by atoms with Crippen LogP contribution in [0, 0.1) is 0 Å². The molecule has 4 aromatic rings. The molecular weight excluding hydrogens is 388 g/mol. The minimum Gasteiger partial charge on any atom is -0.351 e. The van der Waals surface area contributed by atoms with Gasteiger partial charge in [-0.2, -0.15) is 0 Å². The van der Waals surface area contributed by atoms with Crippen molar-refractivity contribution in [3.05, 3.63) is 64.8 Å². The van der Waals surface area contributed by atoms with Gasteiger partial charge in [0.1, 0.15) is 10.7 Å². The molecule has 0 aliphatic carbocycles. The van der Waals surface area contributed by atoms with Crippen LogP contribution in [0.5, 0.6) is 0 Å². The van der Waals surface area contributed by atoms with Crippen LogP contribution in [0.25, 0.3) is 21.5 Å². The molecule has 7 heteroatoms. The third-order valence-electron chi connectivity index (χ3n) is 3.49. The Bertz CT molecular complexity index is 1030. The van der Waals surface area contributed by atoms with E-state index >= 15 is 0 Å². The number of hydrogen-bond donors (Lipinski definition) is 2. The highest BCUT2D eigenvalue weighted by molar-refractivity contribution is 9.10. The van der Waals surface area contributed by atoms with Crippen molar-refractivity contribution < 1.29 is 4.79 Å². The van der Waals surface area contributed by atoms with Gasteiger partial charge < -0.3 is 4.98 Å². The minimum atomic E-state index is -0.238. The average molecular weight is 399 g/mol. The molecule has 0 unspecified atom stereocenters. The molecule has 2 N–H and O–H groups in total. The Balaban J connectivity index is 1.56. The Morgan fingerprint density at radius 1 is 1.08 bits per heavy atom. The number of aromatic nitrogens is 3. The largest absolute Gasteiger partial charge is 0.351 e. The van der Waals surface area contributed by atoms with Gasteiger partial charge in [-0.3, -0.25) is 10.1 Å². The van der Waals surface area contributed by atoms with Gasteiger partial charge >= 0.3 is 0 Å². The fourth-order valence-corrected chi connectivity index (χ4v) is 3.48. The highest BCUT2D eigenvalue weighted by Gasteiger charge is 2.13. The van der Waals surface area contributed by atoms with E-state index in [9.17, 15) is 4.79 Å². The number of nitrogens with one attached hydrogen (secondary N) is 2. The number of benzene rings is 2. The van der Waals surface area contributed by atoms with E-state index in [-0.39, 0.29) is 5.91 Å². The maximum Gasteiger partial charge on any atom is 0.273 e. The van der Waals surface area contributed by atoms with Crippen molar-refractivity contribution in [1.29, 1.82) is 0 Å². The van der Waals surface area contributed by atoms with Gasteiger partial charge in [-0.1, -0.05) is 57.6 Å². The van der Waals surface area contributed by atoms with Gasteiger partial charge in [0.25, 0.3) is 5.91 Å². The summed E-state index contributed by atoms with van der Waals surface area (Å²) in [5.74, 6) is -0.238. The van der Waals surface area contributed by atoms with Gasteiger partial charge in [0, 0.05) is 20.9 Å². The van der Waals surface area contributed by atoms with Crippen LogP contribution in [0.2, 0.25) is 0 Å². The Kier molecular flexibility index (Phi) is 3.87. The Morgan fingerprint density at radius 2 is 1.92 bits per heavy atom. The van der Waals surface area contributed by atoms with E-state index in [1.807, 2.05) is 54.6 Å². The van der Waals surface area contributed by atoms with Gasteiger partial charge in [0.15, 0.2) is 0 Å². The predicted octanol–water partition coefficient (Wildman–Crippen LogP) is 4.70. The standard InChI is InChI=1S/C17H11BrN4OS/c18-12-6-7-13-11(8-12)9-14(19-13)15(23)20-17-22-21-16(24-17)10-4-2-1-3-5-10/h1-9,19H,(H,20,22,23). The van der Waals surface area contributed by atoms with Crippen LogP contribution in [-0.4, -0.2) is 21.1 Å². The van der Waals surface area contributed by atoms with Crippen LogP contribution in [0.3, 0.4) is 0 Å². The first-order valence-corrected chi connectivity index (χ1v) is 8.78. The van der Waals surface area contributed by atoms with Crippen molar-refractivity contribution >= 4 is 49.2 Å². The van der Waals surface area contributed by atoms with E-state index in [1.165, 1.54) is 11.3 Å². The molecule has 2 aromatic carbocycles. The molecule has 1 amide bonds. The molecule has 0 saturated heterocycles. The maximum atomic E-state index is 12.4. The zero-order valence-electron chi connectivity index (χ0n) is 12.3. The van der Waals surface area contributed by atoms with Gasteiger partial charge in [-0.05, 0) is 24.3 Å². The van der Waals surface area contributed by atoms with Crippen molar-refractivity contribution in [3.8, 4) is 10.6 Å². The van der Waals surface area contributed by atoms with Gasteiger partial charge in [0.2, 0.25) is 5.13 Å². The van der Waals surface area contributed by atoms with E-state index in [4.69, 9.17) is 0 Å². The number of H-pyrrole nitrogens is 1. The van der Waals surface area contributed by atoms with E-state index in [2.05, 4.69) is 36.4 Å². The summed E-state index contributed by atoms with van der Waals surface area (Å²) in [6.45, 7) is 0. The Morgan fingerprint density at radius 3 is 2.75 bits per heavy atom. The number of nitrogens with zero attached hydrogens (tertiary/aromatic N) is 2. The van der Waals surface area contributed by atoms with Gasteiger partial charge in [-0.25, -0.2) is 0 Å². The van der Waals surface area contributed by atoms with E-state index in [0.29, 0.717) is 10.8 Å². The zero-order valence-corrected chi connectivity index (χ0v) is 14.7. The highest BCUT2D eigenvalue weighted by atomic mass is 79.9. The summed E-state index contributed by atoms with van der Waals surface area (Å²) in [5.41, 5.74) is 2.37. The van der Waals surface area contributed by atoms with Crippen molar-refractivity contribution in [2.24, 2.45) is 0 Å². The Labute approximate surface area is 149 Å². The molecule has 0 aliphatic heterocycles. The fourth-order valence-electron chi connectivity index (χ4n) is 2.36. The molecule has 0 aliphatic rings. The first-order valence-electron chi connectivity index (χ1n) is 7.17. The second-order valence-electron chi connectivity index (χ2n) is 5.15. The summed E-state index contributed by atoms with van der Waals surface area (Å²) in [4.78, 5) is 15.5. The summed E-state index contributed by atoms with van der Waals surface area (Å²) in [6.07, 6.45) is 0. The molecule has 0 atom stereocenters. The van der Waals surface area contributed by atoms with Crippen molar-refractivity contribution in [3.63, 3.8) is 0 Å². The fraction of sp³-hybridized carbons (Fsp3) is 0. The third kappa shape index (κ3) is 2.95. The van der Waals surface area contributed by atoms with E-state index in [0.717, 1.165) is 25.9 Å². The van der Waals surface area contributed by atoms with E-state index in [1.54, 1.807) is 0 Å². The number of amides is 1. The van der Waals surface area contributed by atoms with Crippen LogP contribution in [0.1, 0.15) is 10.5 Å². The summed E-state index contributed by atoms with van der Waals surface area (Å²) in [5, 5.41) is 13.2. The lowest BCUT2D eigenvalue weighted by molar-refractivity contribution is 0.102. The number of rotatable bonds is 3. The first-order chi connectivity index (χ1) is 11.7. The van der Waals surface area contributed by atoms with Gasteiger partial charge in [0.05, 0.1) is 0 Å². The quantitative estimate of drug-likeness (QED) is 0.525. The second-order valence-corrected chi connectivity index (χ2v) is 7.04. The third-order valence-corrected chi connectivity index (χ3v) is 4.87. The molecular formula is C17H11BrN4OS. The topological polar surface area (TPSA) is 70.7 Å². The molecule has 5 nitrogen and oxygen atoms in total. The van der Waals surface area contributed by atoms with Crippen molar-refractivity contribution in [1.82, 2.24) is 15.2 Å². The number of aromatic amines is 1. The number of halogens is 1. The van der Waals surface area contributed by atoms with Crippen molar-refractivity contribution in [2.75, 3.05) is 5.32 Å². The minimum absolute atomic E-state index is 0.238. The second kappa shape index (κ2) is 6.18. The summed E-state index contributed by atoms with van der Waals surface area (Å²) in [7, 11) is 0. The zero-order chi connectivity index (χ0) is 16.5. The van der Waals surface area contributed by atoms with E-state index < -0.39 is 0 Å². The molecule has 2 heterocycles. The van der Waals surface area contributed by atoms with Crippen molar-refractivity contribution in [2.45, 2.75) is 0 Å². The normalized spacial score (nSPS) is 10.9. The smallest absolute Gasteiger partial charge is 0.273 e. The predicted molar refractivity (Wildman–Crippen MR) is 99.3 cm³/mol. The number of carbonyl (C=O) groups excluding carboxylic acids is 1. The van der Waals surface area contributed by atoms with Crippen LogP contribution >= 0.6 is 27.3 Å². The molecule has 0 radical (unpaired) electrons. The first kappa shape index (κ1) is 15.0. The van der Waals surface area contributed by atoms with Crippen LogP contribution in [0.15, 0.2) is 59.1 Å². The lowest BCUT2D eigenvalue weighted by Gasteiger charge is -1.97.